The maximum Gasteiger partial charge on any atom is 0.146 e. The zero-order chi connectivity index (χ0) is 16.7. The zero-order valence-electron chi connectivity index (χ0n) is 13.6. The average Bonchev–Trinajstić information content (AvgIpc) is 2.51. The first-order valence-electron chi connectivity index (χ1n) is 7.24. The fourth-order valence-electron chi connectivity index (χ4n) is 2.12. The number of aliphatic hydroxyl groups excluding tert-OH is 2. The van der Waals surface area contributed by atoms with E-state index in [9.17, 15) is 10.2 Å². The molecule has 0 amide bonds. The van der Waals surface area contributed by atoms with Gasteiger partial charge in [0.2, 0.25) is 0 Å². The molecular formula is C17H26N2O3. The Morgan fingerprint density at radius 2 is 1.77 bits per heavy atom. The Morgan fingerprint density at radius 3 is 2.27 bits per heavy atom. The van der Waals surface area contributed by atoms with Crippen molar-refractivity contribution in [3.63, 3.8) is 0 Å². The van der Waals surface area contributed by atoms with Crippen molar-refractivity contribution in [3.8, 4) is 0 Å². The van der Waals surface area contributed by atoms with Gasteiger partial charge in [-0.15, -0.1) is 0 Å². The molecule has 1 aromatic rings. The summed E-state index contributed by atoms with van der Waals surface area (Å²) in [5.74, 6) is -0.0749. The molecule has 5 nitrogen and oxygen atoms in total. The number of benzene rings is 1. The van der Waals surface area contributed by atoms with Gasteiger partial charge in [0.15, 0.2) is 0 Å². The van der Waals surface area contributed by atoms with Crippen LogP contribution in [0.5, 0.6) is 0 Å². The Balaban J connectivity index is 2.75. The molecule has 22 heavy (non-hydrogen) atoms. The van der Waals surface area contributed by atoms with Gasteiger partial charge in [0.25, 0.3) is 0 Å². The van der Waals surface area contributed by atoms with E-state index in [4.69, 9.17) is 5.21 Å². The molecule has 3 atom stereocenters. The van der Waals surface area contributed by atoms with Crippen molar-refractivity contribution in [1.29, 1.82) is 0 Å². The van der Waals surface area contributed by atoms with Gasteiger partial charge < -0.3 is 20.3 Å². The molecule has 1 aromatic carbocycles. The number of rotatable bonds is 7. The summed E-state index contributed by atoms with van der Waals surface area (Å²) in [5, 5.41) is 28.1. The van der Waals surface area contributed by atoms with Crippen molar-refractivity contribution in [3.05, 3.63) is 53.6 Å². The van der Waals surface area contributed by atoms with Crippen LogP contribution in [0.25, 0.3) is 0 Å². The lowest BCUT2D eigenvalue weighted by atomic mass is 9.95. The number of hydrogen-bond donors (Lipinski definition) is 4. The van der Waals surface area contributed by atoms with E-state index >= 15 is 0 Å². The first kappa shape index (κ1) is 18.4. The SMILES string of the molecule is CC(/C=C/C(O)NO)=C\C(C)C(O)c1ccc(N(C)C)cc1. The fraction of sp³-hybridized carbons (Fsp3) is 0.412. The lowest BCUT2D eigenvalue weighted by Crippen LogP contribution is -2.22. The molecule has 3 unspecified atom stereocenters. The third-order valence-corrected chi connectivity index (χ3v) is 3.45. The number of aliphatic hydroxyl groups is 2. The highest BCUT2D eigenvalue weighted by atomic mass is 16.5. The van der Waals surface area contributed by atoms with E-state index < -0.39 is 12.3 Å². The molecule has 0 radical (unpaired) electrons. The molecule has 5 heteroatoms. The van der Waals surface area contributed by atoms with E-state index in [-0.39, 0.29) is 5.92 Å². The maximum absolute atomic E-state index is 10.4. The molecule has 0 bridgehead atoms. The molecule has 0 heterocycles. The molecule has 0 fully saturated rings. The van der Waals surface area contributed by atoms with Crippen LogP contribution in [0.15, 0.2) is 48.1 Å². The van der Waals surface area contributed by atoms with Gasteiger partial charge in [-0.1, -0.05) is 36.8 Å². The van der Waals surface area contributed by atoms with Crippen molar-refractivity contribution in [2.24, 2.45) is 5.92 Å². The van der Waals surface area contributed by atoms with Crippen LogP contribution in [0.3, 0.4) is 0 Å². The quantitative estimate of drug-likeness (QED) is 0.353. The highest BCUT2D eigenvalue weighted by Gasteiger charge is 2.14. The standard InChI is InChI=1S/C17H26N2O3/c1-12(5-10-16(20)18-22)11-13(2)17(21)14-6-8-15(9-7-14)19(3)4/h5-11,13,16-18,20-22H,1-4H3/b10-5+,12-11+. The minimum Gasteiger partial charge on any atom is -0.388 e. The Labute approximate surface area is 132 Å². The van der Waals surface area contributed by atoms with Crippen molar-refractivity contribution in [2.45, 2.75) is 26.2 Å². The number of nitrogens with zero attached hydrogens (tertiary/aromatic N) is 1. The third kappa shape index (κ3) is 5.61. The van der Waals surface area contributed by atoms with E-state index in [2.05, 4.69) is 0 Å². The molecule has 0 aromatic heterocycles. The molecule has 0 aliphatic heterocycles. The number of nitrogens with one attached hydrogen (secondary N) is 1. The second-order valence-corrected chi connectivity index (χ2v) is 5.63. The lowest BCUT2D eigenvalue weighted by Gasteiger charge is -2.18. The van der Waals surface area contributed by atoms with E-state index in [0.29, 0.717) is 0 Å². The van der Waals surface area contributed by atoms with Crippen molar-refractivity contribution < 1.29 is 15.4 Å². The van der Waals surface area contributed by atoms with Crippen LogP contribution < -0.4 is 10.4 Å². The average molecular weight is 306 g/mol. The van der Waals surface area contributed by atoms with Crippen LogP contribution in [-0.2, 0) is 0 Å². The summed E-state index contributed by atoms with van der Waals surface area (Å²) in [6, 6.07) is 7.81. The third-order valence-electron chi connectivity index (χ3n) is 3.45. The van der Waals surface area contributed by atoms with Gasteiger partial charge in [-0.3, -0.25) is 0 Å². The molecule has 4 N–H and O–H groups in total. The number of anilines is 1. The van der Waals surface area contributed by atoms with E-state index in [1.54, 1.807) is 11.6 Å². The molecule has 0 saturated heterocycles. The summed E-state index contributed by atoms with van der Waals surface area (Å²) in [7, 11) is 3.95. The molecule has 0 aliphatic carbocycles. The highest BCUT2D eigenvalue weighted by molar-refractivity contribution is 5.46. The number of allylic oxidation sites excluding steroid dienone is 2. The summed E-state index contributed by atoms with van der Waals surface area (Å²) in [5.41, 5.74) is 4.57. The van der Waals surface area contributed by atoms with E-state index in [1.807, 2.05) is 63.2 Å². The fourth-order valence-corrected chi connectivity index (χ4v) is 2.12. The summed E-state index contributed by atoms with van der Waals surface area (Å²) in [6.45, 7) is 3.81. The van der Waals surface area contributed by atoms with Crippen LogP contribution in [0.2, 0.25) is 0 Å². The summed E-state index contributed by atoms with van der Waals surface area (Å²) >= 11 is 0. The monoisotopic (exact) mass is 306 g/mol. The van der Waals surface area contributed by atoms with Crippen LogP contribution in [-0.4, -0.2) is 35.7 Å². The van der Waals surface area contributed by atoms with E-state index in [0.717, 1.165) is 16.8 Å². The first-order valence-corrected chi connectivity index (χ1v) is 7.24. The molecular weight excluding hydrogens is 280 g/mol. The van der Waals surface area contributed by atoms with Gasteiger partial charge in [0, 0.05) is 25.7 Å². The van der Waals surface area contributed by atoms with Crippen LogP contribution in [0.1, 0.15) is 25.5 Å². The van der Waals surface area contributed by atoms with E-state index in [1.165, 1.54) is 6.08 Å². The molecule has 0 aliphatic rings. The minimum absolute atomic E-state index is 0.0749. The highest BCUT2D eigenvalue weighted by Crippen LogP contribution is 2.25. The zero-order valence-corrected chi connectivity index (χ0v) is 13.6. The summed E-state index contributed by atoms with van der Waals surface area (Å²) < 4.78 is 0. The molecule has 122 valence electrons. The second-order valence-electron chi connectivity index (χ2n) is 5.63. The van der Waals surface area contributed by atoms with Crippen LogP contribution in [0, 0.1) is 5.92 Å². The molecule has 1 rings (SSSR count). The van der Waals surface area contributed by atoms with Gasteiger partial charge in [0.1, 0.15) is 6.23 Å². The predicted octanol–water partition coefficient (Wildman–Crippen LogP) is 2.22. The molecule has 0 spiro atoms. The van der Waals surface area contributed by atoms with Crippen LogP contribution >= 0.6 is 0 Å². The predicted molar refractivity (Wildman–Crippen MR) is 88.7 cm³/mol. The van der Waals surface area contributed by atoms with Gasteiger partial charge in [-0.05, 0) is 30.7 Å². The first-order chi connectivity index (χ1) is 10.3. The Bertz CT molecular complexity index is 509. The lowest BCUT2D eigenvalue weighted by molar-refractivity contribution is 0.0318. The van der Waals surface area contributed by atoms with Crippen molar-refractivity contribution in [2.75, 3.05) is 19.0 Å². The van der Waals surface area contributed by atoms with Crippen LogP contribution in [0.4, 0.5) is 5.69 Å². The number of hydrogen-bond acceptors (Lipinski definition) is 5. The van der Waals surface area contributed by atoms with Crippen molar-refractivity contribution >= 4 is 5.69 Å². The van der Waals surface area contributed by atoms with Gasteiger partial charge in [-0.2, -0.15) is 5.48 Å². The second kappa shape index (κ2) is 8.70. The molecule has 0 saturated carbocycles. The van der Waals surface area contributed by atoms with Gasteiger partial charge >= 0.3 is 0 Å². The summed E-state index contributed by atoms with van der Waals surface area (Å²) in [4.78, 5) is 2.01. The van der Waals surface area contributed by atoms with Gasteiger partial charge in [0.05, 0.1) is 6.10 Å². The largest absolute Gasteiger partial charge is 0.388 e. The topological polar surface area (TPSA) is 76.0 Å². The van der Waals surface area contributed by atoms with Crippen molar-refractivity contribution in [1.82, 2.24) is 5.48 Å². The maximum atomic E-state index is 10.4. The normalized spacial score (nSPS) is 16.6. The Morgan fingerprint density at radius 1 is 1.18 bits per heavy atom. The Hall–Kier alpha value is -1.66. The smallest absolute Gasteiger partial charge is 0.146 e. The summed E-state index contributed by atoms with van der Waals surface area (Å²) in [6.07, 6.45) is 3.34. The Kier molecular flexibility index (Phi) is 7.27. The minimum atomic E-state index is -1.10. The number of hydroxylamine groups is 1. The van der Waals surface area contributed by atoms with Gasteiger partial charge in [-0.25, -0.2) is 0 Å².